The van der Waals surface area contributed by atoms with Crippen molar-refractivity contribution in [1.29, 1.82) is 0 Å². The van der Waals surface area contributed by atoms with Gasteiger partial charge in [-0.15, -0.1) is 0 Å². The van der Waals surface area contributed by atoms with Gasteiger partial charge in [-0.2, -0.15) is 0 Å². The van der Waals surface area contributed by atoms with Crippen LogP contribution in [0.5, 0.6) is 0 Å². The Morgan fingerprint density at radius 2 is 1.93 bits per heavy atom. The van der Waals surface area contributed by atoms with E-state index in [1.165, 1.54) is 17.4 Å². The van der Waals surface area contributed by atoms with Crippen molar-refractivity contribution in [2.24, 2.45) is 0 Å². The first-order valence-electron chi connectivity index (χ1n) is 9.87. The number of ether oxygens (including phenoxy) is 1. The predicted molar refractivity (Wildman–Crippen MR) is 114 cm³/mol. The highest BCUT2D eigenvalue weighted by atomic mass is 32.1. The van der Waals surface area contributed by atoms with Crippen LogP contribution in [0.15, 0.2) is 30.3 Å². The number of amides is 1. The number of rotatable bonds is 5. The van der Waals surface area contributed by atoms with Crippen molar-refractivity contribution < 1.29 is 18.3 Å². The highest BCUT2D eigenvalue weighted by Crippen LogP contribution is 2.33. The van der Waals surface area contributed by atoms with Crippen LogP contribution in [0.2, 0.25) is 0 Å². The van der Waals surface area contributed by atoms with E-state index in [2.05, 4.69) is 11.0 Å². The fourth-order valence-electron chi connectivity index (χ4n) is 3.62. The summed E-state index contributed by atoms with van der Waals surface area (Å²) in [5, 5.41) is 0.557. The van der Waals surface area contributed by atoms with Crippen molar-refractivity contribution in [2.45, 2.75) is 13.8 Å². The van der Waals surface area contributed by atoms with E-state index in [9.17, 15) is 13.6 Å². The number of morpholine rings is 1. The first-order valence-corrected chi connectivity index (χ1v) is 10.7. The Morgan fingerprint density at radius 3 is 2.67 bits per heavy atom. The standard InChI is InChI=1S/C22H23F2N3O2S/c1-14-11-15(2)20-19(12-14)25-22(30-20)27(6-5-26-7-9-29-10-8-26)21(28)16-3-4-17(23)18(24)13-16/h3-4,11-13H,5-10H2,1-2H3. The molecule has 2 heterocycles. The summed E-state index contributed by atoms with van der Waals surface area (Å²) < 4.78 is 33.5. The summed E-state index contributed by atoms with van der Waals surface area (Å²) in [6.45, 7) is 7.99. The van der Waals surface area contributed by atoms with Crippen molar-refractivity contribution in [2.75, 3.05) is 44.3 Å². The lowest BCUT2D eigenvalue weighted by atomic mass is 10.1. The minimum Gasteiger partial charge on any atom is -0.379 e. The topological polar surface area (TPSA) is 45.7 Å². The van der Waals surface area contributed by atoms with E-state index in [4.69, 9.17) is 9.72 Å². The highest BCUT2D eigenvalue weighted by molar-refractivity contribution is 7.22. The number of thiazole rings is 1. The SMILES string of the molecule is Cc1cc(C)c2sc(N(CCN3CCOCC3)C(=O)c3ccc(F)c(F)c3)nc2c1. The van der Waals surface area contributed by atoms with Crippen LogP contribution in [0, 0.1) is 25.5 Å². The van der Waals surface area contributed by atoms with Gasteiger partial charge in [-0.3, -0.25) is 14.6 Å². The molecular weight excluding hydrogens is 408 g/mol. The van der Waals surface area contributed by atoms with Gasteiger partial charge >= 0.3 is 0 Å². The van der Waals surface area contributed by atoms with E-state index in [-0.39, 0.29) is 5.56 Å². The van der Waals surface area contributed by atoms with Gasteiger partial charge in [0, 0.05) is 31.7 Å². The molecule has 0 N–H and O–H groups in total. The third kappa shape index (κ3) is 4.35. The second-order valence-corrected chi connectivity index (χ2v) is 8.44. The average Bonchev–Trinajstić information content (AvgIpc) is 3.15. The smallest absolute Gasteiger partial charge is 0.260 e. The second kappa shape index (κ2) is 8.75. The van der Waals surface area contributed by atoms with Gasteiger partial charge in [0.2, 0.25) is 0 Å². The number of carbonyl (C=O) groups is 1. The maximum absolute atomic E-state index is 13.8. The molecule has 1 aliphatic rings. The maximum atomic E-state index is 13.8. The second-order valence-electron chi connectivity index (χ2n) is 7.47. The molecule has 1 amide bonds. The lowest BCUT2D eigenvalue weighted by molar-refractivity contribution is 0.0391. The van der Waals surface area contributed by atoms with Crippen molar-refractivity contribution in [1.82, 2.24) is 9.88 Å². The van der Waals surface area contributed by atoms with Gasteiger partial charge in [0.25, 0.3) is 5.91 Å². The molecule has 1 aliphatic heterocycles. The quantitative estimate of drug-likeness (QED) is 0.608. The molecular formula is C22H23F2N3O2S. The molecule has 1 fully saturated rings. The predicted octanol–water partition coefficient (Wildman–Crippen LogP) is 4.17. The Balaban J connectivity index is 1.68. The van der Waals surface area contributed by atoms with Crippen LogP contribution < -0.4 is 4.90 Å². The van der Waals surface area contributed by atoms with Crippen molar-refractivity contribution in [3.05, 3.63) is 58.7 Å². The molecule has 2 aromatic carbocycles. The minimum absolute atomic E-state index is 0.100. The number of halogens is 2. The van der Waals surface area contributed by atoms with Crippen molar-refractivity contribution >= 4 is 32.6 Å². The molecule has 8 heteroatoms. The van der Waals surface area contributed by atoms with Gasteiger partial charge < -0.3 is 4.74 Å². The number of aromatic nitrogens is 1. The van der Waals surface area contributed by atoms with Crippen LogP contribution in [0.3, 0.4) is 0 Å². The number of anilines is 1. The largest absolute Gasteiger partial charge is 0.379 e. The van der Waals surface area contributed by atoms with Gasteiger partial charge in [0.05, 0.1) is 23.4 Å². The van der Waals surface area contributed by atoms with Crippen LogP contribution >= 0.6 is 11.3 Å². The van der Waals surface area contributed by atoms with Gasteiger partial charge in [-0.25, -0.2) is 13.8 Å². The normalized spacial score (nSPS) is 14.9. The molecule has 1 saturated heterocycles. The number of carbonyl (C=O) groups excluding carboxylic acids is 1. The maximum Gasteiger partial charge on any atom is 0.260 e. The Labute approximate surface area is 177 Å². The molecule has 0 spiro atoms. The number of fused-ring (bicyclic) bond motifs is 1. The number of benzene rings is 2. The summed E-state index contributed by atoms with van der Waals surface area (Å²) in [7, 11) is 0. The Kier molecular flexibility index (Phi) is 6.08. The summed E-state index contributed by atoms with van der Waals surface area (Å²) >= 11 is 1.44. The van der Waals surface area contributed by atoms with Crippen molar-refractivity contribution in [3.63, 3.8) is 0 Å². The zero-order valence-electron chi connectivity index (χ0n) is 17.0. The van der Waals surface area contributed by atoms with Crippen LogP contribution in [0.4, 0.5) is 13.9 Å². The zero-order chi connectivity index (χ0) is 21.3. The van der Waals surface area contributed by atoms with Crippen LogP contribution in [-0.2, 0) is 4.74 Å². The first-order chi connectivity index (χ1) is 14.4. The third-order valence-electron chi connectivity index (χ3n) is 5.19. The van der Waals surface area contributed by atoms with E-state index in [0.29, 0.717) is 31.4 Å². The molecule has 0 radical (unpaired) electrons. The molecule has 0 aliphatic carbocycles. The summed E-state index contributed by atoms with van der Waals surface area (Å²) in [6.07, 6.45) is 0. The van der Waals surface area contributed by atoms with E-state index in [1.54, 1.807) is 4.90 Å². The molecule has 5 nitrogen and oxygen atoms in total. The number of nitrogens with zero attached hydrogens (tertiary/aromatic N) is 3. The first kappa shape index (κ1) is 20.8. The summed E-state index contributed by atoms with van der Waals surface area (Å²) in [6, 6.07) is 7.31. The highest BCUT2D eigenvalue weighted by Gasteiger charge is 2.24. The van der Waals surface area contributed by atoms with E-state index >= 15 is 0 Å². The molecule has 0 atom stereocenters. The Morgan fingerprint density at radius 1 is 1.17 bits per heavy atom. The third-order valence-corrected chi connectivity index (χ3v) is 6.42. The molecule has 158 valence electrons. The van der Waals surface area contributed by atoms with Gasteiger partial charge in [0.1, 0.15) is 0 Å². The lowest BCUT2D eigenvalue weighted by Crippen LogP contribution is -2.43. The van der Waals surface area contributed by atoms with Gasteiger partial charge in [-0.1, -0.05) is 17.4 Å². The molecule has 30 heavy (non-hydrogen) atoms. The molecule has 0 unspecified atom stereocenters. The average molecular weight is 432 g/mol. The van der Waals surface area contributed by atoms with E-state index in [0.717, 1.165) is 46.6 Å². The Bertz CT molecular complexity index is 1080. The summed E-state index contributed by atoms with van der Waals surface area (Å²) in [5.74, 6) is -2.40. The lowest BCUT2D eigenvalue weighted by Gasteiger charge is -2.29. The van der Waals surface area contributed by atoms with Crippen molar-refractivity contribution in [3.8, 4) is 0 Å². The number of hydrogen-bond donors (Lipinski definition) is 0. The van der Waals surface area contributed by atoms with Crippen LogP contribution in [0.1, 0.15) is 21.5 Å². The monoisotopic (exact) mass is 431 g/mol. The summed E-state index contributed by atoms with van der Waals surface area (Å²) in [4.78, 5) is 21.8. The van der Waals surface area contributed by atoms with Crippen LogP contribution in [-0.4, -0.2) is 55.2 Å². The van der Waals surface area contributed by atoms with Gasteiger partial charge in [-0.05, 0) is 49.2 Å². The number of hydrogen-bond acceptors (Lipinski definition) is 5. The van der Waals surface area contributed by atoms with E-state index in [1.807, 2.05) is 19.9 Å². The summed E-state index contributed by atoms with van der Waals surface area (Å²) in [5.41, 5.74) is 3.13. The fourth-order valence-corrected chi connectivity index (χ4v) is 4.66. The fraction of sp³-hybridized carbons (Fsp3) is 0.364. The molecule has 0 bridgehead atoms. The van der Waals surface area contributed by atoms with Crippen LogP contribution in [0.25, 0.3) is 10.2 Å². The molecule has 3 aromatic rings. The van der Waals surface area contributed by atoms with E-state index < -0.39 is 17.5 Å². The minimum atomic E-state index is -1.04. The molecule has 1 aromatic heterocycles. The van der Waals surface area contributed by atoms with Gasteiger partial charge in [0.15, 0.2) is 16.8 Å². The molecule has 0 saturated carbocycles. The zero-order valence-corrected chi connectivity index (χ0v) is 17.8. The molecule has 4 rings (SSSR count). The Hall–Kier alpha value is -2.42. The number of aryl methyl sites for hydroxylation is 2.